The number of nitrogens with zero attached hydrogens (tertiary/aromatic N) is 2. The molecular weight excluding hydrogens is 324 g/mol. The largest absolute Gasteiger partial charge is 0.461 e. The zero-order valence-electron chi connectivity index (χ0n) is 13.9. The molecule has 4 heterocycles. The maximum absolute atomic E-state index is 13.1. The smallest absolute Gasteiger partial charge is 0.234 e. The van der Waals surface area contributed by atoms with Gasteiger partial charge in [0, 0.05) is 32.0 Å². The number of carbonyl (C=O) groups excluding carboxylic acids is 1. The van der Waals surface area contributed by atoms with Gasteiger partial charge in [0.15, 0.2) is 11.5 Å². The van der Waals surface area contributed by atoms with Gasteiger partial charge in [0.2, 0.25) is 11.7 Å². The molecule has 7 nitrogen and oxygen atoms in total. The second kappa shape index (κ2) is 5.44. The number of hydrogen-bond acceptors (Lipinski definition) is 6. The van der Waals surface area contributed by atoms with E-state index in [9.17, 15) is 4.79 Å². The fourth-order valence-corrected chi connectivity index (χ4v) is 3.88. The fraction of sp³-hybridized carbons (Fsp3) is 0.556. The maximum atomic E-state index is 13.1. The van der Waals surface area contributed by atoms with E-state index in [0.717, 1.165) is 25.7 Å². The summed E-state index contributed by atoms with van der Waals surface area (Å²) in [6.45, 7) is 2.60. The Balaban J connectivity index is 1.32. The predicted molar refractivity (Wildman–Crippen MR) is 85.6 cm³/mol. The highest BCUT2D eigenvalue weighted by Gasteiger charge is 2.56. The van der Waals surface area contributed by atoms with E-state index in [-0.39, 0.29) is 5.91 Å². The molecule has 0 radical (unpaired) electrons. The third-order valence-electron chi connectivity index (χ3n) is 5.55. The molecular formula is C18H20N2O5. The zero-order chi connectivity index (χ0) is 16.9. The first-order chi connectivity index (χ1) is 12.2. The third-order valence-corrected chi connectivity index (χ3v) is 5.55. The van der Waals surface area contributed by atoms with Crippen LogP contribution >= 0.6 is 0 Å². The molecule has 1 saturated carbocycles. The Labute approximate surface area is 144 Å². The summed E-state index contributed by atoms with van der Waals surface area (Å²) in [7, 11) is 0. The van der Waals surface area contributed by atoms with E-state index < -0.39 is 11.2 Å². The van der Waals surface area contributed by atoms with E-state index in [0.29, 0.717) is 43.5 Å². The molecule has 2 saturated heterocycles. The third kappa shape index (κ3) is 2.41. The van der Waals surface area contributed by atoms with Crippen LogP contribution in [0.3, 0.4) is 0 Å². The number of furan rings is 1. The van der Waals surface area contributed by atoms with Crippen LogP contribution in [0.2, 0.25) is 0 Å². The molecule has 0 bridgehead atoms. The van der Waals surface area contributed by atoms with Gasteiger partial charge in [-0.05, 0) is 25.0 Å². The number of carbonyl (C=O) groups is 1. The lowest BCUT2D eigenvalue weighted by molar-refractivity contribution is -0.188. The highest BCUT2D eigenvalue weighted by Crippen LogP contribution is 2.50. The van der Waals surface area contributed by atoms with Gasteiger partial charge in [-0.1, -0.05) is 5.16 Å². The van der Waals surface area contributed by atoms with Crippen LogP contribution in [0.25, 0.3) is 11.5 Å². The Morgan fingerprint density at radius 3 is 2.48 bits per heavy atom. The molecule has 5 rings (SSSR count). The monoisotopic (exact) mass is 344 g/mol. The van der Waals surface area contributed by atoms with E-state index in [1.807, 2.05) is 17.0 Å². The average Bonchev–Trinajstić information content (AvgIpc) is 3.09. The normalized spacial score (nSPS) is 23.9. The van der Waals surface area contributed by atoms with Crippen LogP contribution in [0.5, 0.6) is 0 Å². The van der Waals surface area contributed by atoms with E-state index in [4.69, 9.17) is 18.4 Å². The van der Waals surface area contributed by atoms with Crippen molar-refractivity contribution in [3.63, 3.8) is 0 Å². The molecule has 25 heavy (non-hydrogen) atoms. The summed E-state index contributed by atoms with van der Waals surface area (Å²) in [5, 5.41) is 4.16. The van der Waals surface area contributed by atoms with Gasteiger partial charge in [0.1, 0.15) is 0 Å². The molecule has 7 heteroatoms. The van der Waals surface area contributed by atoms with Gasteiger partial charge in [0.05, 0.1) is 30.6 Å². The maximum Gasteiger partial charge on any atom is 0.234 e. The van der Waals surface area contributed by atoms with E-state index in [2.05, 4.69) is 5.16 Å². The number of rotatable bonds is 3. The molecule has 0 atom stereocenters. The first kappa shape index (κ1) is 15.2. The van der Waals surface area contributed by atoms with Gasteiger partial charge >= 0.3 is 0 Å². The minimum absolute atomic E-state index is 0.139. The molecule has 1 amide bonds. The Bertz CT molecular complexity index is 761. The van der Waals surface area contributed by atoms with E-state index >= 15 is 0 Å². The summed E-state index contributed by atoms with van der Waals surface area (Å²) in [6.07, 6.45) is 4.66. The topological polar surface area (TPSA) is 77.9 Å². The molecule has 0 unspecified atom stereocenters. The summed E-state index contributed by atoms with van der Waals surface area (Å²) in [5.41, 5.74) is 0.175. The van der Waals surface area contributed by atoms with Gasteiger partial charge in [-0.25, -0.2) is 0 Å². The molecule has 2 aromatic rings. The Morgan fingerprint density at radius 1 is 1.08 bits per heavy atom. The van der Waals surface area contributed by atoms with Crippen LogP contribution < -0.4 is 0 Å². The molecule has 2 aliphatic heterocycles. The molecule has 132 valence electrons. The van der Waals surface area contributed by atoms with Crippen molar-refractivity contribution >= 4 is 5.91 Å². The van der Waals surface area contributed by atoms with Gasteiger partial charge in [-0.3, -0.25) is 4.79 Å². The summed E-state index contributed by atoms with van der Waals surface area (Å²) in [5.74, 6) is 0.856. The van der Waals surface area contributed by atoms with Crippen LogP contribution in [0, 0.1) is 0 Å². The van der Waals surface area contributed by atoms with Crippen molar-refractivity contribution in [2.75, 3.05) is 26.3 Å². The highest BCUT2D eigenvalue weighted by molar-refractivity contribution is 5.91. The summed E-state index contributed by atoms with van der Waals surface area (Å²) >= 11 is 0. The lowest BCUT2D eigenvalue weighted by atomic mass is 9.96. The van der Waals surface area contributed by atoms with Crippen molar-refractivity contribution in [3.05, 3.63) is 30.2 Å². The Hall–Kier alpha value is -2.12. The van der Waals surface area contributed by atoms with E-state index in [1.165, 1.54) is 0 Å². The molecule has 3 aliphatic rings. The fourth-order valence-electron chi connectivity index (χ4n) is 3.88. The average molecular weight is 344 g/mol. The lowest BCUT2D eigenvalue weighted by Crippen LogP contribution is -2.50. The van der Waals surface area contributed by atoms with Crippen LogP contribution in [0.4, 0.5) is 0 Å². The van der Waals surface area contributed by atoms with Gasteiger partial charge in [-0.2, -0.15) is 0 Å². The number of amides is 1. The van der Waals surface area contributed by atoms with Crippen molar-refractivity contribution in [1.29, 1.82) is 0 Å². The molecule has 1 aliphatic carbocycles. The SMILES string of the molecule is O=C(N1CCC2(CC1)OCCO2)C1(c2cc(-c3ccco3)on2)CC1. The first-order valence-electron chi connectivity index (χ1n) is 8.79. The number of aromatic nitrogens is 1. The quantitative estimate of drug-likeness (QED) is 0.850. The van der Waals surface area contributed by atoms with Crippen LogP contribution in [-0.2, 0) is 19.7 Å². The summed E-state index contributed by atoms with van der Waals surface area (Å²) < 4.78 is 22.2. The minimum Gasteiger partial charge on any atom is -0.461 e. The van der Waals surface area contributed by atoms with Crippen LogP contribution in [0.1, 0.15) is 31.4 Å². The van der Waals surface area contributed by atoms with Gasteiger partial charge in [-0.15, -0.1) is 0 Å². The highest BCUT2D eigenvalue weighted by atomic mass is 16.7. The van der Waals surface area contributed by atoms with Crippen molar-refractivity contribution in [2.45, 2.75) is 36.9 Å². The number of piperidine rings is 1. The second-order valence-corrected chi connectivity index (χ2v) is 7.04. The molecule has 2 aromatic heterocycles. The Kier molecular flexibility index (Phi) is 3.30. The minimum atomic E-state index is -0.532. The lowest BCUT2D eigenvalue weighted by Gasteiger charge is -2.38. The van der Waals surface area contributed by atoms with Crippen molar-refractivity contribution < 1.29 is 23.2 Å². The van der Waals surface area contributed by atoms with E-state index in [1.54, 1.807) is 12.3 Å². The molecule has 1 spiro atoms. The van der Waals surface area contributed by atoms with Crippen molar-refractivity contribution in [3.8, 4) is 11.5 Å². The van der Waals surface area contributed by atoms with Crippen LogP contribution in [0.15, 0.2) is 33.4 Å². The molecule has 3 fully saturated rings. The number of likely N-dealkylation sites (tertiary alicyclic amines) is 1. The second-order valence-electron chi connectivity index (χ2n) is 7.04. The molecule has 0 N–H and O–H groups in total. The summed E-state index contributed by atoms with van der Waals surface area (Å²) in [6, 6.07) is 5.45. The van der Waals surface area contributed by atoms with Gasteiger partial charge in [0.25, 0.3) is 0 Å². The number of hydrogen-bond donors (Lipinski definition) is 0. The zero-order valence-corrected chi connectivity index (χ0v) is 13.9. The van der Waals surface area contributed by atoms with Crippen molar-refractivity contribution in [1.82, 2.24) is 10.1 Å². The summed E-state index contributed by atoms with van der Waals surface area (Å²) in [4.78, 5) is 15.0. The standard InChI is InChI=1S/C18H20N2O5/c21-16(20-7-5-18(6-8-20)23-10-11-24-18)17(3-4-17)15-12-14(25-19-15)13-2-1-9-22-13/h1-2,9,12H,3-8,10-11H2. The first-order valence-corrected chi connectivity index (χ1v) is 8.79. The Morgan fingerprint density at radius 2 is 1.84 bits per heavy atom. The van der Waals surface area contributed by atoms with Gasteiger partial charge < -0.3 is 23.3 Å². The van der Waals surface area contributed by atoms with Crippen LogP contribution in [-0.4, -0.2) is 48.1 Å². The van der Waals surface area contributed by atoms with Crippen molar-refractivity contribution in [2.24, 2.45) is 0 Å². The predicted octanol–water partition coefficient (Wildman–Crippen LogP) is 2.33. The molecule has 0 aromatic carbocycles. The number of ether oxygens (including phenoxy) is 2.